The van der Waals surface area contributed by atoms with Crippen molar-refractivity contribution < 1.29 is 9.59 Å². The van der Waals surface area contributed by atoms with E-state index in [0.29, 0.717) is 25.3 Å². The molecule has 4 nitrogen and oxygen atoms in total. The zero-order valence-corrected chi connectivity index (χ0v) is 13.9. The Labute approximate surface area is 140 Å². The molecule has 0 aromatic heterocycles. The fraction of sp³-hybridized carbons (Fsp3) is 0.333. The molecular weight excluding hydrogens is 308 g/mol. The Morgan fingerprint density at radius 1 is 1.26 bits per heavy atom. The maximum absolute atomic E-state index is 12.2. The Morgan fingerprint density at radius 2 is 2.04 bits per heavy atom. The highest BCUT2D eigenvalue weighted by Gasteiger charge is 2.30. The van der Waals surface area contributed by atoms with E-state index in [4.69, 9.17) is 0 Å². The van der Waals surface area contributed by atoms with Gasteiger partial charge in [0.05, 0.1) is 11.8 Å². The van der Waals surface area contributed by atoms with Crippen LogP contribution < -0.4 is 5.32 Å². The van der Waals surface area contributed by atoms with E-state index in [9.17, 15) is 9.59 Å². The lowest BCUT2D eigenvalue weighted by Gasteiger charge is -2.18. The number of carbonyl (C=O) groups excluding carboxylic acids is 2. The first kappa shape index (κ1) is 15.9. The molecule has 1 saturated heterocycles. The van der Waals surface area contributed by atoms with Gasteiger partial charge in [0.25, 0.3) is 0 Å². The molecule has 2 amide bonds. The van der Waals surface area contributed by atoms with Gasteiger partial charge in [-0.25, -0.2) is 0 Å². The van der Waals surface area contributed by atoms with Crippen molar-refractivity contribution in [1.82, 2.24) is 10.2 Å². The van der Waals surface area contributed by atoms with E-state index in [1.54, 1.807) is 0 Å². The Kier molecular flexibility index (Phi) is 4.86. The van der Waals surface area contributed by atoms with Crippen LogP contribution in [0.25, 0.3) is 10.8 Å². The van der Waals surface area contributed by atoms with E-state index in [2.05, 4.69) is 29.6 Å². The highest BCUT2D eigenvalue weighted by Crippen LogP contribution is 2.22. The van der Waals surface area contributed by atoms with Crippen LogP contribution in [0.3, 0.4) is 0 Å². The quantitative estimate of drug-likeness (QED) is 0.917. The third kappa shape index (κ3) is 3.67. The molecule has 0 aliphatic carbocycles. The van der Waals surface area contributed by atoms with Gasteiger partial charge in [0.1, 0.15) is 0 Å². The molecule has 1 aliphatic heterocycles. The van der Waals surface area contributed by atoms with Crippen LogP contribution >= 0.6 is 11.8 Å². The molecular formula is C18H20N2O2S. The number of nitrogens with zero attached hydrogens (tertiary/aromatic N) is 1. The second kappa shape index (κ2) is 7.04. The van der Waals surface area contributed by atoms with Crippen LogP contribution in [0.1, 0.15) is 12.0 Å². The van der Waals surface area contributed by atoms with Gasteiger partial charge in [-0.1, -0.05) is 42.5 Å². The summed E-state index contributed by atoms with van der Waals surface area (Å²) in [6.45, 7) is 1.18. The summed E-state index contributed by atoms with van der Waals surface area (Å²) in [6, 6.07) is 14.3. The summed E-state index contributed by atoms with van der Waals surface area (Å²) in [5.41, 5.74) is 1.15. The van der Waals surface area contributed by atoms with E-state index in [0.717, 1.165) is 5.56 Å². The topological polar surface area (TPSA) is 49.4 Å². The number of hydrogen-bond donors (Lipinski definition) is 1. The second-order valence-electron chi connectivity index (χ2n) is 5.81. The fourth-order valence-electron chi connectivity index (χ4n) is 3.06. The van der Waals surface area contributed by atoms with Crippen molar-refractivity contribution in [3.05, 3.63) is 48.0 Å². The molecule has 1 unspecified atom stereocenters. The molecule has 0 spiro atoms. The standard InChI is InChI=1S/C18H20N2O2S/c1-23-12-17(21)19-15-9-18(22)20(11-15)10-14-7-4-6-13-5-2-3-8-16(13)14/h2-8,15H,9-12H2,1H3,(H,19,21). The minimum atomic E-state index is -0.0721. The molecule has 1 heterocycles. The number of rotatable bonds is 5. The summed E-state index contributed by atoms with van der Waals surface area (Å²) in [4.78, 5) is 25.8. The van der Waals surface area contributed by atoms with E-state index < -0.39 is 0 Å². The molecule has 1 aliphatic rings. The van der Waals surface area contributed by atoms with E-state index >= 15 is 0 Å². The van der Waals surface area contributed by atoms with Crippen LogP contribution in [0.2, 0.25) is 0 Å². The third-order valence-electron chi connectivity index (χ3n) is 4.10. The van der Waals surface area contributed by atoms with Crippen LogP contribution in [0.5, 0.6) is 0 Å². The van der Waals surface area contributed by atoms with Gasteiger partial charge >= 0.3 is 0 Å². The van der Waals surface area contributed by atoms with Crippen LogP contribution in [0.4, 0.5) is 0 Å². The van der Waals surface area contributed by atoms with Crippen molar-refractivity contribution in [2.24, 2.45) is 0 Å². The first-order valence-electron chi connectivity index (χ1n) is 7.70. The van der Waals surface area contributed by atoms with Crippen LogP contribution in [-0.2, 0) is 16.1 Å². The first-order chi connectivity index (χ1) is 11.2. The highest BCUT2D eigenvalue weighted by molar-refractivity contribution is 7.99. The van der Waals surface area contributed by atoms with Crippen LogP contribution in [-0.4, -0.2) is 41.3 Å². The van der Waals surface area contributed by atoms with Gasteiger partial charge < -0.3 is 10.2 Å². The summed E-state index contributed by atoms with van der Waals surface area (Å²) >= 11 is 1.49. The summed E-state index contributed by atoms with van der Waals surface area (Å²) in [5, 5.41) is 5.30. The molecule has 1 fully saturated rings. The zero-order valence-electron chi connectivity index (χ0n) is 13.1. The first-order valence-corrected chi connectivity index (χ1v) is 9.09. The molecule has 2 aromatic carbocycles. The lowest BCUT2D eigenvalue weighted by atomic mass is 10.0. The van der Waals surface area contributed by atoms with Crippen molar-refractivity contribution in [3.8, 4) is 0 Å². The summed E-state index contributed by atoms with van der Waals surface area (Å²) in [6.07, 6.45) is 2.29. The fourth-order valence-corrected chi connectivity index (χ4v) is 3.40. The van der Waals surface area contributed by atoms with Gasteiger partial charge in [-0.15, -0.1) is 0 Å². The third-order valence-corrected chi connectivity index (χ3v) is 4.65. The highest BCUT2D eigenvalue weighted by atomic mass is 32.2. The van der Waals surface area contributed by atoms with Crippen LogP contribution in [0.15, 0.2) is 42.5 Å². The smallest absolute Gasteiger partial charge is 0.230 e. The molecule has 0 saturated carbocycles. The van der Waals surface area contributed by atoms with Gasteiger partial charge in [0.2, 0.25) is 11.8 Å². The lowest BCUT2D eigenvalue weighted by molar-refractivity contribution is -0.128. The van der Waals surface area contributed by atoms with Crippen LogP contribution in [0, 0.1) is 0 Å². The number of hydrogen-bond acceptors (Lipinski definition) is 3. The molecule has 120 valence electrons. The summed E-state index contributed by atoms with van der Waals surface area (Å²) in [5.74, 6) is 0.545. The maximum atomic E-state index is 12.2. The predicted molar refractivity (Wildman–Crippen MR) is 94.3 cm³/mol. The van der Waals surface area contributed by atoms with Gasteiger partial charge in [-0.2, -0.15) is 11.8 Å². The Bertz CT molecular complexity index is 727. The SMILES string of the molecule is CSCC(=O)NC1CC(=O)N(Cc2cccc3ccccc23)C1. The monoisotopic (exact) mass is 328 g/mol. The Morgan fingerprint density at radius 3 is 2.87 bits per heavy atom. The average molecular weight is 328 g/mol. The molecule has 0 bridgehead atoms. The Balaban J connectivity index is 1.70. The molecule has 3 rings (SSSR count). The number of amides is 2. The largest absolute Gasteiger partial charge is 0.350 e. The molecule has 0 radical (unpaired) electrons. The second-order valence-corrected chi connectivity index (χ2v) is 6.68. The number of nitrogens with one attached hydrogen (secondary N) is 1. The van der Waals surface area contributed by atoms with E-state index in [1.165, 1.54) is 22.5 Å². The summed E-state index contributed by atoms with van der Waals surface area (Å²) < 4.78 is 0. The predicted octanol–water partition coefficient (Wildman–Crippen LogP) is 2.42. The minimum absolute atomic E-state index is 0.00214. The molecule has 2 aromatic rings. The lowest BCUT2D eigenvalue weighted by Crippen LogP contribution is -2.37. The average Bonchev–Trinajstić information content (AvgIpc) is 2.87. The Hall–Kier alpha value is -2.01. The van der Waals surface area contributed by atoms with E-state index in [-0.39, 0.29) is 17.9 Å². The van der Waals surface area contributed by atoms with Gasteiger partial charge in [-0.05, 0) is 22.6 Å². The number of fused-ring (bicyclic) bond motifs is 1. The van der Waals surface area contributed by atoms with Gasteiger partial charge in [-0.3, -0.25) is 9.59 Å². The van der Waals surface area contributed by atoms with Crippen molar-refractivity contribution in [1.29, 1.82) is 0 Å². The normalized spacial score (nSPS) is 17.7. The molecule has 5 heteroatoms. The molecule has 23 heavy (non-hydrogen) atoms. The molecule has 1 N–H and O–H groups in total. The number of likely N-dealkylation sites (tertiary alicyclic amines) is 1. The van der Waals surface area contributed by atoms with Gasteiger partial charge in [0.15, 0.2) is 0 Å². The number of carbonyl (C=O) groups is 2. The van der Waals surface area contributed by atoms with Crippen molar-refractivity contribution in [2.75, 3.05) is 18.6 Å². The molecule has 1 atom stereocenters. The maximum Gasteiger partial charge on any atom is 0.230 e. The van der Waals surface area contributed by atoms with Gasteiger partial charge in [0, 0.05) is 19.5 Å². The zero-order chi connectivity index (χ0) is 16.2. The van der Waals surface area contributed by atoms with E-state index in [1.807, 2.05) is 29.4 Å². The minimum Gasteiger partial charge on any atom is -0.350 e. The summed E-state index contributed by atoms with van der Waals surface area (Å²) in [7, 11) is 0. The van der Waals surface area contributed by atoms with Crippen molar-refractivity contribution in [2.45, 2.75) is 19.0 Å². The van der Waals surface area contributed by atoms with Crippen molar-refractivity contribution in [3.63, 3.8) is 0 Å². The number of benzene rings is 2. The van der Waals surface area contributed by atoms with Crippen molar-refractivity contribution >= 4 is 34.3 Å². The number of thioether (sulfide) groups is 1.